The predicted molar refractivity (Wildman–Crippen MR) is 159 cm³/mol. The third-order valence-electron chi connectivity index (χ3n) is 8.05. The standard InChI is InChI=1S/C32H32F2N6O4/c1-19-28(16-24(41)13-22-18-39(11-12-43-3)44-30(22)20-9-10-25(33)26(34)14-20)40(23-7-5-4-6-8-23)37-29(19)21-15-27-31(35-17-21)38(2)32(42)36-27/h4-10,14-15,17,22,30H,11-13,16,18H2,1-3H3,(H,36,42)/t22-,30+/m1/s1. The van der Waals surface area contributed by atoms with Crippen molar-refractivity contribution >= 4 is 16.9 Å². The van der Waals surface area contributed by atoms with Gasteiger partial charge in [-0.2, -0.15) is 10.2 Å². The molecular formula is C32H32F2N6O4. The minimum atomic E-state index is -0.964. The average Bonchev–Trinajstić information content (AvgIpc) is 3.66. The highest BCUT2D eigenvalue weighted by Gasteiger charge is 2.37. The van der Waals surface area contributed by atoms with Crippen LogP contribution in [-0.2, 0) is 27.8 Å². The van der Waals surface area contributed by atoms with Crippen molar-refractivity contribution in [2.75, 3.05) is 26.8 Å². The maximum absolute atomic E-state index is 14.1. The second kappa shape index (κ2) is 12.2. The number of nitrogens with one attached hydrogen (secondary N) is 1. The number of carbonyl (C=O) groups is 1. The van der Waals surface area contributed by atoms with Crippen molar-refractivity contribution < 1.29 is 23.1 Å². The lowest BCUT2D eigenvalue weighted by molar-refractivity contribution is -0.155. The Hall–Kier alpha value is -4.52. The van der Waals surface area contributed by atoms with E-state index in [9.17, 15) is 18.4 Å². The number of para-hydroxylation sites is 1. The van der Waals surface area contributed by atoms with Gasteiger partial charge in [0.25, 0.3) is 0 Å². The number of aromatic amines is 1. The molecule has 5 aromatic rings. The van der Waals surface area contributed by atoms with E-state index in [1.165, 1.54) is 10.6 Å². The number of aromatic nitrogens is 5. The summed E-state index contributed by atoms with van der Waals surface area (Å²) in [7, 11) is 3.24. The van der Waals surface area contributed by atoms with E-state index in [0.717, 1.165) is 29.1 Å². The quantitative estimate of drug-likeness (QED) is 0.252. The number of ketones is 1. The minimum absolute atomic E-state index is 0.0486. The number of rotatable bonds is 10. The van der Waals surface area contributed by atoms with Gasteiger partial charge in [0.1, 0.15) is 11.9 Å². The lowest BCUT2D eigenvalue weighted by Crippen LogP contribution is -2.24. The number of Topliss-reactive ketones (excluding diaryl/α,β-unsaturated/α-hetero) is 1. The van der Waals surface area contributed by atoms with Crippen LogP contribution in [0, 0.1) is 24.5 Å². The fourth-order valence-corrected chi connectivity index (χ4v) is 5.77. The van der Waals surface area contributed by atoms with Crippen molar-refractivity contribution in [3.05, 3.63) is 99.7 Å². The van der Waals surface area contributed by atoms with Crippen LogP contribution in [0.3, 0.4) is 0 Å². The van der Waals surface area contributed by atoms with Gasteiger partial charge in [-0.05, 0) is 48.4 Å². The Bertz CT molecular complexity index is 1880. The summed E-state index contributed by atoms with van der Waals surface area (Å²) in [5.41, 5.74) is 4.99. The third kappa shape index (κ3) is 5.71. The third-order valence-corrected chi connectivity index (χ3v) is 8.05. The molecule has 10 nitrogen and oxygen atoms in total. The van der Waals surface area contributed by atoms with Crippen molar-refractivity contribution in [2.24, 2.45) is 13.0 Å². The summed E-state index contributed by atoms with van der Waals surface area (Å²) in [6.07, 6.45) is 1.29. The largest absolute Gasteiger partial charge is 0.383 e. The molecule has 6 rings (SSSR count). The first-order chi connectivity index (χ1) is 21.2. The Labute approximate surface area is 251 Å². The zero-order chi connectivity index (χ0) is 31.0. The first-order valence-electron chi connectivity index (χ1n) is 14.3. The Balaban J connectivity index is 1.31. The number of aryl methyl sites for hydroxylation is 1. The zero-order valence-corrected chi connectivity index (χ0v) is 24.6. The number of halogens is 2. The molecule has 228 valence electrons. The fourth-order valence-electron chi connectivity index (χ4n) is 5.77. The van der Waals surface area contributed by atoms with E-state index < -0.39 is 17.7 Å². The monoisotopic (exact) mass is 602 g/mol. The number of H-pyrrole nitrogens is 1. The number of fused-ring (bicyclic) bond motifs is 1. The summed E-state index contributed by atoms with van der Waals surface area (Å²) in [6.45, 7) is 3.23. The van der Waals surface area contributed by atoms with Crippen LogP contribution in [0.1, 0.15) is 29.3 Å². The van der Waals surface area contributed by atoms with Gasteiger partial charge in [-0.25, -0.2) is 23.2 Å². The van der Waals surface area contributed by atoms with Crippen LogP contribution in [0.4, 0.5) is 8.78 Å². The first kappa shape index (κ1) is 29.5. The number of hydrogen-bond acceptors (Lipinski definition) is 7. The maximum Gasteiger partial charge on any atom is 0.327 e. The molecule has 0 aliphatic carbocycles. The molecule has 0 radical (unpaired) electrons. The number of methoxy groups -OCH3 is 1. The molecular weight excluding hydrogens is 570 g/mol. The average molecular weight is 603 g/mol. The summed E-state index contributed by atoms with van der Waals surface area (Å²) >= 11 is 0. The molecule has 1 N–H and O–H groups in total. The molecule has 0 bridgehead atoms. The summed E-state index contributed by atoms with van der Waals surface area (Å²) in [5, 5.41) is 6.61. The van der Waals surface area contributed by atoms with Gasteiger partial charge in [-0.15, -0.1) is 0 Å². The Morgan fingerprint density at radius 1 is 1.14 bits per heavy atom. The van der Waals surface area contributed by atoms with Crippen LogP contribution < -0.4 is 5.69 Å². The Morgan fingerprint density at radius 3 is 2.68 bits per heavy atom. The van der Waals surface area contributed by atoms with E-state index in [0.29, 0.717) is 47.7 Å². The Morgan fingerprint density at radius 2 is 1.93 bits per heavy atom. The van der Waals surface area contributed by atoms with Crippen LogP contribution in [0.2, 0.25) is 0 Å². The molecule has 0 amide bonds. The number of pyridine rings is 1. The second-order valence-corrected chi connectivity index (χ2v) is 11.0. The number of ether oxygens (including phenoxy) is 1. The number of nitrogens with zero attached hydrogens (tertiary/aromatic N) is 5. The van der Waals surface area contributed by atoms with Crippen molar-refractivity contribution in [3.8, 4) is 16.9 Å². The highest BCUT2D eigenvalue weighted by atomic mass is 19.2. The smallest absolute Gasteiger partial charge is 0.327 e. The van der Waals surface area contributed by atoms with Crippen LogP contribution in [0.15, 0.2) is 65.6 Å². The first-order valence-corrected chi connectivity index (χ1v) is 14.3. The molecule has 44 heavy (non-hydrogen) atoms. The van der Waals surface area contributed by atoms with E-state index in [2.05, 4.69) is 9.97 Å². The van der Waals surface area contributed by atoms with Crippen LogP contribution in [-0.4, -0.2) is 62.0 Å². The normalized spacial score (nSPS) is 17.1. The summed E-state index contributed by atoms with van der Waals surface area (Å²) in [5.74, 6) is -2.25. The van der Waals surface area contributed by atoms with Gasteiger partial charge in [-0.1, -0.05) is 24.3 Å². The minimum Gasteiger partial charge on any atom is -0.383 e. The molecule has 4 heterocycles. The van der Waals surface area contributed by atoms with E-state index in [1.807, 2.05) is 43.3 Å². The van der Waals surface area contributed by atoms with Crippen molar-refractivity contribution in [1.29, 1.82) is 0 Å². The van der Waals surface area contributed by atoms with Crippen LogP contribution in [0.5, 0.6) is 0 Å². The topological polar surface area (TPSA) is 107 Å². The highest BCUT2D eigenvalue weighted by Crippen LogP contribution is 2.37. The van der Waals surface area contributed by atoms with Crippen LogP contribution >= 0.6 is 0 Å². The van der Waals surface area contributed by atoms with Crippen molar-refractivity contribution in [1.82, 2.24) is 29.4 Å². The number of imidazole rings is 1. The molecule has 1 aliphatic heterocycles. The highest BCUT2D eigenvalue weighted by molar-refractivity contribution is 5.83. The van der Waals surface area contributed by atoms with Gasteiger partial charge in [0, 0.05) is 57.8 Å². The molecule has 1 saturated heterocycles. The molecule has 12 heteroatoms. The van der Waals surface area contributed by atoms with E-state index in [4.69, 9.17) is 14.7 Å². The van der Waals surface area contributed by atoms with Crippen molar-refractivity contribution in [2.45, 2.75) is 25.9 Å². The predicted octanol–water partition coefficient (Wildman–Crippen LogP) is 4.45. The van der Waals surface area contributed by atoms with E-state index >= 15 is 0 Å². The maximum atomic E-state index is 14.1. The van der Waals surface area contributed by atoms with Gasteiger partial charge in [0.15, 0.2) is 17.3 Å². The second-order valence-electron chi connectivity index (χ2n) is 11.0. The number of hydrogen-bond donors (Lipinski definition) is 1. The molecule has 1 fully saturated rings. The molecule has 1 aliphatic rings. The lowest BCUT2D eigenvalue weighted by Gasteiger charge is -2.18. The Kier molecular flexibility index (Phi) is 8.21. The molecule has 0 saturated carbocycles. The fraction of sp³-hybridized carbons (Fsp3) is 0.312. The summed E-state index contributed by atoms with van der Waals surface area (Å²) in [6, 6.07) is 15.1. The zero-order valence-electron chi connectivity index (χ0n) is 24.6. The number of hydroxylamine groups is 2. The van der Waals surface area contributed by atoms with Gasteiger partial charge in [-0.3, -0.25) is 14.2 Å². The van der Waals surface area contributed by atoms with Gasteiger partial charge in [0.2, 0.25) is 0 Å². The molecule has 2 atom stereocenters. The summed E-state index contributed by atoms with van der Waals surface area (Å²) < 4.78 is 36.2. The van der Waals surface area contributed by atoms with Gasteiger partial charge in [0.05, 0.1) is 29.2 Å². The van der Waals surface area contributed by atoms with Gasteiger partial charge >= 0.3 is 5.69 Å². The van der Waals surface area contributed by atoms with Crippen molar-refractivity contribution in [3.63, 3.8) is 0 Å². The molecule has 3 aromatic heterocycles. The van der Waals surface area contributed by atoms with Crippen LogP contribution in [0.25, 0.3) is 28.1 Å². The summed E-state index contributed by atoms with van der Waals surface area (Å²) in [4.78, 5) is 39.3. The SMILES string of the molecule is COCCN1C[C@@H](CC(=O)Cc2c(C)c(-c3cnc4c(c3)[nH]c(=O)n4C)nn2-c2ccccc2)[C@H](c2ccc(F)c(F)c2)O1. The number of benzene rings is 2. The van der Waals surface area contributed by atoms with Gasteiger partial charge < -0.3 is 9.72 Å². The van der Waals surface area contributed by atoms with E-state index in [1.54, 1.807) is 30.1 Å². The lowest BCUT2D eigenvalue weighted by atomic mass is 9.90. The molecule has 0 unspecified atom stereocenters. The molecule has 2 aromatic carbocycles. The molecule has 0 spiro atoms. The number of carbonyl (C=O) groups excluding carboxylic acids is 1. The van der Waals surface area contributed by atoms with E-state index in [-0.39, 0.29) is 30.2 Å².